The number of methoxy groups -OCH3 is 1. The van der Waals surface area contributed by atoms with Gasteiger partial charge in [-0.2, -0.15) is 0 Å². The lowest BCUT2D eigenvalue weighted by Gasteiger charge is -2.12. The minimum absolute atomic E-state index is 0.370. The first-order valence-electron chi connectivity index (χ1n) is 6.75. The Morgan fingerprint density at radius 1 is 0.952 bits per heavy atom. The second-order valence-electron chi connectivity index (χ2n) is 4.84. The van der Waals surface area contributed by atoms with Crippen molar-refractivity contribution in [2.75, 3.05) is 7.11 Å². The number of aromatic nitrogens is 1. The molecule has 3 nitrogen and oxygen atoms in total. The van der Waals surface area contributed by atoms with Crippen LogP contribution in [0.5, 0.6) is 0 Å². The van der Waals surface area contributed by atoms with Crippen LogP contribution in [-0.4, -0.2) is 18.1 Å². The average molecular weight is 277 g/mol. The zero-order valence-corrected chi connectivity index (χ0v) is 12.0. The highest BCUT2D eigenvalue weighted by atomic mass is 16.5. The van der Waals surface area contributed by atoms with Crippen molar-refractivity contribution in [2.45, 2.75) is 6.92 Å². The topological polar surface area (TPSA) is 39.2 Å². The molecule has 104 valence electrons. The molecule has 0 saturated heterocycles. The minimum Gasteiger partial charge on any atom is -0.464 e. The monoisotopic (exact) mass is 277 g/mol. The predicted octanol–water partition coefficient (Wildman–Crippen LogP) is 4.00. The first kappa shape index (κ1) is 13.3. The molecule has 0 aliphatic carbocycles. The van der Waals surface area contributed by atoms with E-state index >= 15 is 0 Å². The van der Waals surface area contributed by atoms with E-state index in [1.807, 2.05) is 61.5 Å². The van der Waals surface area contributed by atoms with Gasteiger partial charge in [-0.1, -0.05) is 54.6 Å². The molecule has 3 aromatic rings. The highest BCUT2D eigenvalue weighted by molar-refractivity contribution is 6.02. The molecule has 3 heteroatoms. The summed E-state index contributed by atoms with van der Waals surface area (Å²) in [6.45, 7) is 1.90. The number of aryl methyl sites for hydroxylation is 1. The van der Waals surface area contributed by atoms with Gasteiger partial charge in [0.1, 0.15) is 0 Å². The summed E-state index contributed by atoms with van der Waals surface area (Å²) >= 11 is 0. The van der Waals surface area contributed by atoms with Crippen molar-refractivity contribution >= 4 is 16.7 Å². The van der Waals surface area contributed by atoms with Gasteiger partial charge in [-0.25, -0.2) is 9.78 Å². The Kier molecular flexibility index (Phi) is 3.40. The van der Waals surface area contributed by atoms with Gasteiger partial charge in [0.25, 0.3) is 0 Å². The van der Waals surface area contributed by atoms with Crippen molar-refractivity contribution in [3.8, 4) is 11.3 Å². The summed E-state index contributed by atoms with van der Waals surface area (Å²) in [5.41, 5.74) is 3.00. The smallest absolute Gasteiger partial charge is 0.356 e. The average Bonchev–Trinajstić information content (AvgIpc) is 2.55. The van der Waals surface area contributed by atoms with Crippen LogP contribution in [0.15, 0.2) is 54.6 Å². The fourth-order valence-electron chi connectivity index (χ4n) is 2.51. The third kappa shape index (κ3) is 2.27. The molecule has 0 amide bonds. The third-order valence-electron chi connectivity index (χ3n) is 3.59. The van der Waals surface area contributed by atoms with Gasteiger partial charge in [-0.05, 0) is 17.9 Å². The maximum atomic E-state index is 12.0. The van der Waals surface area contributed by atoms with E-state index in [4.69, 9.17) is 4.74 Å². The minimum atomic E-state index is -0.407. The Labute approximate surface area is 123 Å². The van der Waals surface area contributed by atoms with Crippen LogP contribution in [0, 0.1) is 6.92 Å². The molecule has 0 aliphatic rings. The van der Waals surface area contributed by atoms with Crippen LogP contribution < -0.4 is 0 Å². The Hall–Kier alpha value is -2.68. The molecule has 2 aromatic carbocycles. The van der Waals surface area contributed by atoms with E-state index in [0.717, 1.165) is 27.6 Å². The molecule has 0 N–H and O–H groups in total. The van der Waals surface area contributed by atoms with E-state index in [0.29, 0.717) is 5.69 Å². The SMILES string of the molecule is COC(=O)c1nc(-c2ccccc2)c2ccccc2c1C. The molecule has 0 spiro atoms. The van der Waals surface area contributed by atoms with E-state index in [2.05, 4.69) is 4.98 Å². The Bertz CT molecular complexity index is 810. The summed E-state index contributed by atoms with van der Waals surface area (Å²) in [4.78, 5) is 16.5. The molecule has 1 aromatic heterocycles. The number of fused-ring (bicyclic) bond motifs is 1. The lowest BCUT2D eigenvalue weighted by molar-refractivity contribution is 0.0593. The van der Waals surface area contributed by atoms with Crippen molar-refractivity contribution < 1.29 is 9.53 Å². The third-order valence-corrected chi connectivity index (χ3v) is 3.59. The van der Waals surface area contributed by atoms with Crippen LogP contribution in [0.2, 0.25) is 0 Å². The molecule has 21 heavy (non-hydrogen) atoms. The van der Waals surface area contributed by atoms with Gasteiger partial charge in [0.05, 0.1) is 12.8 Å². The number of esters is 1. The number of ether oxygens (including phenoxy) is 1. The van der Waals surface area contributed by atoms with Crippen molar-refractivity contribution in [3.05, 3.63) is 65.9 Å². The van der Waals surface area contributed by atoms with E-state index in [1.54, 1.807) is 0 Å². The van der Waals surface area contributed by atoms with E-state index < -0.39 is 5.97 Å². The van der Waals surface area contributed by atoms with Crippen molar-refractivity contribution in [1.82, 2.24) is 4.98 Å². The van der Waals surface area contributed by atoms with Crippen LogP contribution in [0.3, 0.4) is 0 Å². The molecule has 3 rings (SSSR count). The van der Waals surface area contributed by atoms with Gasteiger partial charge in [0.15, 0.2) is 5.69 Å². The maximum absolute atomic E-state index is 12.0. The zero-order chi connectivity index (χ0) is 14.8. The largest absolute Gasteiger partial charge is 0.464 e. The summed E-state index contributed by atoms with van der Waals surface area (Å²) in [5, 5.41) is 2.06. The molecule has 0 saturated carbocycles. The highest BCUT2D eigenvalue weighted by Crippen LogP contribution is 2.30. The molecule has 0 radical (unpaired) electrons. The summed E-state index contributed by atoms with van der Waals surface area (Å²) in [7, 11) is 1.38. The van der Waals surface area contributed by atoms with Gasteiger partial charge < -0.3 is 4.74 Å². The first-order valence-corrected chi connectivity index (χ1v) is 6.75. The Morgan fingerprint density at radius 3 is 2.24 bits per heavy atom. The quantitative estimate of drug-likeness (QED) is 0.665. The number of hydrogen-bond donors (Lipinski definition) is 0. The van der Waals surface area contributed by atoms with Gasteiger partial charge >= 0.3 is 5.97 Å². The molecule has 0 fully saturated rings. The number of pyridine rings is 1. The van der Waals surface area contributed by atoms with Crippen molar-refractivity contribution in [2.24, 2.45) is 0 Å². The normalized spacial score (nSPS) is 10.6. The van der Waals surface area contributed by atoms with Gasteiger partial charge in [0.2, 0.25) is 0 Å². The van der Waals surface area contributed by atoms with Gasteiger partial charge in [0, 0.05) is 10.9 Å². The fourth-order valence-corrected chi connectivity index (χ4v) is 2.51. The molecular weight excluding hydrogens is 262 g/mol. The fraction of sp³-hybridized carbons (Fsp3) is 0.111. The number of rotatable bonds is 2. The standard InChI is InChI=1S/C18H15NO2/c1-12-14-10-6-7-11-15(14)17(13-8-4-3-5-9-13)19-16(12)18(20)21-2/h3-11H,1-2H3. The van der Waals surface area contributed by atoms with Crippen LogP contribution in [0.1, 0.15) is 16.1 Å². The van der Waals surface area contributed by atoms with Crippen molar-refractivity contribution in [1.29, 1.82) is 0 Å². The second kappa shape index (κ2) is 5.37. The van der Waals surface area contributed by atoms with Crippen LogP contribution in [0.25, 0.3) is 22.0 Å². The molecule has 1 heterocycles. The number of benzene rings is 2. The molecular formula is C18H15NO2. The number of nitrogens with zero attached hydrogens (tertiary/aromatic N) is 1. The summed E-state index contributed by atoms with van der Waals surface area (Å²) in [5.74, 6) is -0.407. The van der Waals surface area contributed by atoms with Crippen LogP contribution in [-0.2, 0) is 4.74 Å². The lowest BCUT2D eigenvalue weighted by atomic mass is 9.99. The molecule has 0 aliphatic heterocycles. The first-order chi connectivity index (χ1) is 10.2. The maximum Gasteiger partial charge on any atom is 0.356 e. The lowest BCUT2D eigenvalue weighted by Crippen LogP contribution is -2.08. The Morgan fingerprint density at radius 2 is 1.57 bits per heavy atom. The zero-order valence-electron chi connectivity index (χ0n) is 12.0. The van der Waals surface area contributed by atoms with Gasteiger partial charge in [-0.3, -0.25) is 0 Å². The van der Waals surface area contributed by atoms with Crippen LogP contribution in [0.4, 0.5) is 0 Å². The van der Waals surface area contributed by atoms with E-state index in [9.17, 15) is 4.79 Å². The molecule has 0 atom stereocenters. The van der Waals surface area contributed by atoms with Gasteiger partial charge in [-0.15, -0.1) is 0 Å². The summed E-state index contributed by atoms with van der Waals surface area (Å²) in [6, 6.07) is 17.8. The van der Waals surface area contributed by atoms with E-state index in [-0.39, 0.29) is 0 Å². The van der Waals surface area contributed by atoms with Crippen molar-refractivity contribution in [3.63, 3.8) is 0 Å². The molecule has 0 bridgehead atoms. The second-order valence-corrected chi connectivity index (χ2v) is 4.84. The highest BCUT2D eigenvalue weighted by Gasteiger charge is 2.17. The van der Waals surface area contributed by atoms with Crippen LogP contribution >= 0.6 is 0 Å². The number of carbonyl (C=O) groups is 1. The molecule has 0 unspecified atom stereocenters. The number of hydrogen-bond acceptors (Lipinski definition) is 3. The van der Waals surface area contributed by atoms with E-state index in [1.165, 1.54) is 7.11 Å². The number of carbonyl (C=O) groups excluding carboxylic acids is 1. The summed E-state index contributed by atoms with van der Waals surface area (Å²) < 4.78 is 4.86. The summed E-state index contributed by atoms with van der Waals surface area (Å²) in [6.07, 6.45) is 0. The predicted molar refractivity (Wildman–Crippen MR) is 83.3 cm³/mol. The Balaban J connectivity index is 2.38.